The summed E-state index contributed by atoms with van der Waals surface area (Å²) in [6.07, 6.45) is 0. The second kappa shape index (κ2) is 11.3. The van der Waals surface area contributed by atoms with E-state index < -0.39 is 17.7 Å². The van der Waals surface area contributed by atoms with Crippen LogP contribution in [0.4, 0.5) is 11.4 Å². The number of hydrogen-bond acceptors (Lipinski definition) is 5. The molecule has 1 N–H and O–H groups in total. The van der Waals surface area contributed by atoms with Gasteiger partial charge < -0.3 is 14.7 Å². The maximum Gasteiger partial charge on any atom is 0.300 e. The maximum absolute atomic E-state index is 13.6. The van der Waals surface area contributed by atoms with Gasteiger partial charge in [-0.25, -0.2) is 0 Å². The minimum Gasteiger partial charge on any atom is -0.507 e. The van der Waals surface area contributed by atoms with Gasteiger partial charge in [-0.05, 0) is 87.7 Å². The fraction of sp³-hybridized carbons (Fsp3) is 0.290. The van der Waals surface area contributed by atoms with E-state index in [4.69, 9.17) is 16.3 Å². The van der Waals surface area contributed by atoms with E-state index in [0.717, 1.165) is 29.9 Å². The standard InChI is InChI=1S/C31H33ClN2O4/c1-6-33(7-2)22-13-11-21(12-14-22)28-27(29(35)24-18-23(38-8-3)15-16-25(24)32)30(36)31(37)34(28)26-17-19(4)9-10-20(26)5/h9-18,28,35H,6-8H2,1-5H3/b29-27+. The Hall–Kier alpha value is -3.77. The lowest BCUT2D eigenvalue weighted by atomic mass is 9.94. The van der Waals surface area contributed by atoms with Crippen molar-refractivity contribution in [2.45, 2.75) is 40.7 Å². The molecule has 3 aromatic carbocycles. The summed E-state index contributed by atoms with van der Waals surface area (Å²) < 4.78 is 5.59. The minimum absolute atomic E-state index is 0.0120. The minimum atomic E-state index is -0.840. The highest BCUT2D eigenvalue weighted by Gasteiger charge is 2.47. The van der Waals surface area contributed by atoms with Gasteiger partial charge in [-0.1, -0.05) is 35.9 Å². The molecule has 1 amide bonds. The Kier molecular flexibility index (Phi) is 8.12. The highest BCUT2D eigenvalue weighted by molar-refractivity contribution is 6.52. The van der Waals surface area contributed by atoms with Crippen LogP contribution in [0.2, 0.25) is 5.02 Å². The number of aryl methyl sites for hydroxylation is 2. The number of halogens is 1. The number of hydrogen-bond donors (Lipinski definition) is 1. The van der Waals surface area contributed by atoms with Crippen LogP contribution in [0.5, 0.6) is 5.75 Å². The van der Waals surface area contributed by atoms with Crippen molar-refractivity contribution in [1.82, 2.24) is 0 Å². The zero-order valence-corrected chi connectivity index (χ0v) is 23.2. The first-order valence-electron chi connectivity index (χ1n) is 12.9. The molecule has 1 aliphatic heterocycles. The predicted molar refractivity (Wildman–Crippen MR) is 153 cm³/mol. The van der Waals surface area contributed by atoms with Crippen molar-refractivity contribution < 1.29 is 19.4 Å². The molecule has 38 heavy (non-hydrogen) atoms. The van der Waals surface area contributed by atoms with Gasteiger partial charge in [0.1, 0.15) is 11.5 Å². The van der Waals surface area contributed by atoms with Crippen molar-refractivity contribution in [1.29, 1.82) is 0 Å². The summed E-state index contributed by atoms with van der Waals surface area (Å²) in [5.41, 5.74) is 4.39. The van der Waals surface area contributed by atoms with Gasteiger partial charge in [-0.3, -0.25) is 14.5 Å². The second-order valence-corrected chi connectivity index (χ2v) is 9.70. The number of ether oxygens (including phenoxy) is 1. The van der Waals surface area contributed by atoms with Crippen molar-refractivity contribution in [2.24, 2.45) is 0 Å². The summed E-state index contributed by atoms with van der Waals surface area (Å²) in [5.74, 6) is -1.29. The topological polar surface area (TPSA) is 70.1 Å². The van der Waals surface area contributed by atoms with Crippen molar-refractivity contribution in [3.63, 3.8) is 0 Å². The van der Waals surface area contributed by atoms with Crippen LogP contribution in [0.25, 0.3) is 5.76 Å². The number of carbonyl (C=O) groups excluding carboxylic acids is 2. The lowest BCUT2D eigenvalue weighted by Gasteiger charge is -2.28. The lowest BCUT2D eigenvalue weighted by molar-refractivity contribution is -0.132. The van der Waals surface area contributed by atoms with Crippen molar-refractivity contribution >= 4 is 40.4 Å². The maximum atomic E-state index is 13.6. The average molecular weight is 533 g/mol. The quantitative estimate of drug-likeness (QED) is 0.196. The molecular weight excluding hydrogens is 500 g/mol. The molecule has 1 atom stereocenters. The normalized spacial score (nSPS) is 16.7. The Bertz CT molecular complexity index is 1390. The Labute approximate surface area is 229 Å². The number of nitrogens with zero attached hydrogens (tertiary/aromatic N) is 2. The Balaban J connectivity index is 1.95. The zero-order valence-electron chi connectivity index (χ0n) is 22.4. The summed E-state index contributed by atoms with van der Waals surface area (Å²) in [6, 6.07) is 17.6. The first kappa shape index (κ1) is 27.3. The van der Waals surface area contributed by atoms with E-state index in [0.29, 0.717) is 23.6 Å². The fourth-order valence-corrected chi connectivity index (χ4v) is 5.13. The van der Waals surface area contributed by atoms with Crippen molar-refractivity contribution in [3.8, 4) is 5.75 Å². The molecule has 0 bridgehead atoms. The third-order valence-corrected chi connectivity index (χ3v) is 7.24. The number of Topliss-reactive ketones (excluding diaryl/α,β-unsaturated/α-hetero) is 1. The highest BCUT2D eigenvalue weighted by Crippen LogP contribution is 2.44. The van der Waals surface area contributed by atoms with Gasteiger partial charge in [0.25, 0.3) is 11.7 Å². The summed E-state index contributed by atoms with van der Waals surface area (Å²) in [5, 5.41) is 11.8. The van der Waals surface area contributed by atoms with Crippen LogP contribution in [0.15, 0.2) is 66.2 Å². The summed E-state index contributed by atoms with van der Waals surface area (Å²) in [4.78, 5) is 30.9. The summed E-state index contributed by atoms with van der Waals surface area (Å²) in [7, 11) is 0. The van der Waals surface area contributed by atoms with E-state index in [2.05, 4.69) is 18.7 Å². The monoisotopic (exact) mass is 532 g/mol. The molecule has 3 aromatic rings. The average Bonchev–Trinajstić information content (AvgIpc) is 3.17. The lowest BCUT2D eigenvalue weighted by Crippen LogP contribution is -2.30. The van der Waals surface area contributed by atoms with Crippen LogP contribution in [-0.2, 0) is 9.59 Å². The fourth-order valence-electron chi connectivity index (χ4n) is 4.92. The molecule has 0 aliphatic carbocycles. The second-order valence-electron chi connectivity index (χ2n) is 9.30. The van der Waals surface area contributed by atoms with E-state index in [9.17, 15) is 14.7 Å². The molecule has 1 saturated heterocycles. The smallest absolute Gasteiger partial charge is 0.300 e. The van der Waals surface area contributed by atoms with Crippen molar-refractivity contribution in [3.05, 3.63) is 93.5 Å². The Morgan fingerprint density at radius 2 is 1.66 bits per heavy atom. The van der Waals surface area contributed by atoms with Gasteiger partial charge >= 0.3 is 0 Å². The number of benzene rings is 3. The van der Waals surface area contributed by atoms with Gasteiger partial charge in [0.2, 0.25) is 0 Å². The van der Waals surface area contributed by atoms with Gasteiger partial charge in [-0.15, -0.1) is 0 Å². The molecule has 1 heterocycles. The number of aliphatic hydroxyl groups excluding tert-OH is 1. The number of amides is 1. The number of ketones is 1. The van der Waals surface area contributed by atoms with Gasteiger partial charge in [0.05, 0.1) is 23.2 Å². The Morgan fingerprint density at radius 3 is 2.29 bits per heavy atom. The molecule has 1 aliphatic rings. The van der Waals surface area contributed by atoms with Crippen LogP contribution in [0, 0.1) is 13.8 Å². The number of rotatable bonds is 8. The number of aliphatic hydroxyl groups is 1. The van der Waals surface area contributed by atoms with Gasteiger partial charge in [-0.2, -0.15) is 0 Å². The van der Waals surface area contributed by atoms with Crippen molar-refractivity contribution in [2.75, 3.05) is 29.5 Å². The third-order valence-electron chi connectivity index (χ3n) is 6.91. The molecule has 0 spiro atoms. The van der Waals surface area contributed by atoms with Crippen LogP contribution in [0.3, 0.4) is 0 Å². The molecule has 0 saturated carbocycles. The van der Waals surface area contributed by atoms with Crippen LogP contribution in [0.1, 0.15) is 49.1 Å². The van der Waals surface area contributed by atoms with E-state index >= 15 is 0 Å². The molecule has 6 nitrogen and oxygen atoms in total. The zero-order chi connectivity index (χ0) is 27.6. The Morgan fingerprint density at radius 1 is 0.974 bits per heavy atom. The largest absolute Gasteiger partial charge is 0.507 e. The van der Waals surface area contributed by atoms with E-state index in [1.807, 2.05) is 63.2 Å². The number of anilines is 2. The SMILES string of the molecule is CCOc1ccc(Cl)c(/C(O)=C2\C(=O)C(=O)N(c3cc(C)ccc3C)C2c2ccc(N(CC)CC)cc2)c1. The molecule has 1 fully saturated rings. The molecule has 1 unspecified atom stereocenters. The number of carbonyl (C=O) groups is 2. The predicted octanol–water partition coefficient (Wildman–Crippen LogP) is 6.83. The van der Waals surface area contributed by atoms with E-state index in [1.165, 1.54) is 4.90 Å². The molecule has 7 heteroatoms. The summed E-state index contributed by atoms with van der Waals surface area (Å²) in [6.45, 7) is 12.0. The molecule has 0 aromatic heterocycles. The van der Waals surface area contributed by atoms with Crippen LogP contribution >= 0.6 is 11.6 Å². The first-order valence-corrected chi connectivity index (χ1v) is 13.2. The molecule has 0 radical (unpaired) electrons. The highest BCUT2D eigenvalue weighted by atomic mass is 35.5. The molecule has 198 valence electrons. The van der Waals surface area contributed by atoms with Gasteiger partial charge in [0.15, 0.2) is 0 Å². The van der Waals surface area contributed by atoms with E-state index in [-0.39, 0.29) is 21.9 Å². The third kappa shape index (κ3) is 5.01. The van der Waals surface area contributed by atoms with Crippen LogP contribution in [-0.4, -0.2) is 36.5 Å². The molecular formula is C31H33ClN2O4. The van der Waals surface area contributed by atoms with Gasteiger partial charge in [0, 0.05) is 30.0 Å². The van der Waals surface area contributed by atoms with Crippen LogP contribution < -0.4 is 14.5 Å². The summed E-state index contributed by atoms with van der Waals surface area (Å²) >= 11 is 6.47. The first-order chi connectivity index (χ1) is 18.2. The van der Waals surface area contributed by atoms with E-state index in [1.54, 1.807) is 18.2 Å². The molecule has 4 rings (SSSR count).